The molecule has 2 atom stereocenters. The number of nitrogens with one attached hydrogen (secondary N) is 2. The molecule has 4 rings (SSSR count). The predicted molar refractivity (Wildman–Crippen MR) is 106 cm³/mol. The van der Waals surface area contributed by atoms with Crippen LogP contribution in [0.25, 0.3) is 0 Å². The number of carbonyl (C=O) groups is 1. The van der Waals surface area contributed by atoms with Crippen molar-refractivity contribution in [2.45, 2.75) is 37.8 Å². The molecule has 0 radical (unpaired) electrons. The van der Waals surface area contributed by atoms with Gasteiger partial charge in [0, 0.05) is 35.1 Å². The lowest BCUT2D eigenvalue weighted by Crippen LogP contribution is -2.48. The van der Waals surface area contributed by atoms with Crippen LogP contribution in [0.1, 0.15) is 42.1 Å². The molecule has 4 N–H and O–H groups in total. The Morgan fingerprint density at radius 3 is 2.59 bits per heavy atom. The molecule has 8 heteroatoms. The molecule has 2 aromatic rings. The van der Waals surface area contributed by atoms with Crippen LogP contribution in [0.5, 0.6) is 0 Å². The van der Waals surface area contributed by atoms with Crippen molar-refractivity contribution in [2.24, 2.45) is 5.73 Å². The fourth-order valence-corrected chi connectivity index (χ4v) is 3.95. The van der Waals surface area contributed by atoms with Gasteiger partial charge in [-0.25, -0.2) is 0 Å². The molecular formula is C19H23ClN6O. The van der Waals surface area contributed by atoms with Crippen LogP contribution < -0.4 is 11.1 Å². The maximum Gasteiger partial charge on any atom is 0.254 e. The van der Waals surface area contributed by atoms with Gasteiger partial charge in [0.1, 0.15) is 5.56 Å². The smallest absolute Gasteiger partial charge is 0.254 e. The van der Waals surface area contributed by atoms with Gasteiger partial charge in [-0.05, 0) is 56.6 Å². The van der Waals surface area contributed by atoms with E-state index in [2.05, 4.69) is 15.3 Å². The minimum absolute atomic E-state index is 0.124. The average Bonchev–Trinajstić information content (AvgIpc) is 2.99. The monoisotopic (exact) mass is 386 g/mol. The molecule has 1 aliphatic carbocycles. The molecule has 2 aliphatic rings. The maximum atomic E-state index is 11.9. The summed E-state index contributed by atoms with van der Waals surface area (Å²) in [5.41, 5.74) is 7.29. The van der Waals surface area contributed by atoms with E-state index >= 15 is 0 Å². The Bertz CT molecular complexity index is 858. The van der Waals surface area contributed by atoms with Crippen molar-refractivity contribution in [1.82, 2.24) is 14.7 Å². The minimum atomic E-state index is -0.543. The summed E-state index contributed by atoms with van der Waals surface area (Å²) in [6.45, 7) is 2.29. The predicted octanol–water partition coefficient (Wildman–Crippen LogP) is 3.20. The van der Waals surface area contributed by atoms with Crippen LogP contribution in [0, 0.1) is 5.41 Å². The molecule has 0 bridgehead atoms. The second-order valence-corrected chi connectivity index (χ2v) is 7.67. The number of hydrogen-bond donors (Lipinski definition) is 3. The largest absolute Gasteiger partial charge is 0.365 e. The standard InChI is InChI=1S/C19H23ClN6O/c20-12-2-4-13(5-3-12)23-19-15(18(22)27)11-26(24-19)17-7-6-14(10-16(17)21)25-8-1-9-25/h2-5,11,14,17,21H,1,6-10H2,(H2,22,27)(H,23,24)/t14-,17-/m0/s1. The summed E-state index contributed by atoms with van der Waals surface area (Å²) >= 11 is 5.92. The SMILES string of the molecule is N=C1C[C@@H](N2CCC2)CC[C@@H]1n1cc(C(N)=O)c(Nc2ccc(Cl)cc2)n1. The van der Waals surface area contributed by atoms with Crippen molar-refractivity contribution in [3.63, 3.8) is 0 Å². The zero-order valence-corrected chi connectivity index (χ0v) is 15.7. The van der Waals surface area contributed by atoms with Crippen molar-refractivity contribution in [2.75, 3.05) is 18.4 Å². The number of halogens is 1. The molecule has 2 fully saturated rings. The van der Waals surface area contributed by atoms with Gasteiger partial charge < -0.3 is 16.5 Å². The molecule has 0 spiro atoms. The first-order valence-electron chi connectivity index (χ1n) is 9.24. The van der Waals surface area contributed by atoms with Gasteiger partial charge >= 0.3 is 0 Å². The van der Waals surface area contributed by atoms with E-state index in [0.717, 1.165) is 38.0 Å². The van der Waals surface area contributed by atoms with E-state index < -0.39 is 5.91 Å². The number of nitrogens with zero attached hydrogens (tertiary/aromatic N) is 3. The fraction of sp³-hybridized carbons (Fsp3) is 0.421. The molecule has 1 amide bonds. The maximum absolute atomic E-state index is 11.9. The van der Waals surface area contributed by atoms with Crippen molar-refractivity contribution < 1.29 is 4.79 Å². The number of primary amides is 1. The van der Waals surface area contributed by atoms with E-state index in [9.17, 15) is 4.79 Å². The van der Waals surface area contributed by atoms with Gasteiger partial charge in [-0.1, -0.05) is 11.6 Å². The van der Waals surface area contributed by atoms with Crippen LogP contribution in [-0.4, -0.2) is 45.4 Å². The number of nitrogens with two attached hydrogens (primary N) is 1. The second-order valence-electron chi connectivity index (χ2n) is 7.23. The van der Waals surface area contributed by atoms with E-state index in [1.165, 1.54) is 6.42 Å². The molecule has 142 valence electrons. The van der Waals surface area contributed by atoms with Gasteiger partial charge in [-0.3, -0.25) is 14.4 Å². The molecule has 1 aliphatic heterocycles. The number of hydrogen-bond acceptors (Lipinski definition) is 5. The third-order valence-electron chi connectivity index (χ3n) is 5.46. The highest BCUT2D eigenvalue weighted by Gasteiger charge is 2.33. The van der Waals surface area contributed by atoms with Crippen LogP contribution >= 0.6 is 11.6 Å². The lowest BCUT2D eigenvalue weighted by Gasteiger charge is -2.42. The highest BCUT2D eigenvalue weighted by Crippen LogP contribution is 2.32. The first-order chi connectivity index (χ1) is 13.0. The zero-order valence-electron chi connectivity index (χ0n) is 15.0. The molecule has 1 aromatic carbocycles. The summed E-state index contributed by atoms with van der Waals surface area (Å²) in [6, 6.07) is 7.50. The Kier molecular flexibility index (Phi) is 4.88. The molecule has 1 aromatic heterocycles. The molecule has 2 heterocycles. The summed E-state index contributed by atoms with van der Waals surface area (Å²) in [6.07, 6.45) is 5.56. The quantitative estimate of drug-likeness (QED) is 0.734. The van der Waals surface area contributed by atoms with Crippen LogP contribution in [0.15, 0.2) is 30.5 Å². The number of likely N-dealkylation sites (tertiary alicyclic amines) is 1. The average molecular weight is 387 g/mol. The van der Waals surface area contributed by atoms with Crippen molar-refractivity contribution >= 4 is 34.7 Å². The number of aromatic nitrogens is 2. The Morgan fingerprint density at radius 2 is 2.00 bits per heavy atom. The van der Waals surface area contributed by atoms with Crippen LogP contribution in [0.4, 0.5) is 11.5 Å². The lowest BCUT2D eigenvalue weighted by atomic mass is 9.87. The van der Waals surface area contributed by atoms with Gasteiger partial charge in [0.05, 0.1) is 6.04 Å². The van der Waals surface area contributed by atoms with Gasteiger partial charge in [0.25, 0.3) is 5.91 Å². The van der Waals surface area contributed by atoms with Gasteiger partial charge in [0.15, 0.2) is 5.82 Å². The molecule has 1 saturated carbocycles. The summed E-state index contributed by atoms with van der Waals surface area (Å²) in [7, 11) is 0. The summed E-state index contributed by atoms with van der Waals surface area (Å²) in [5, 5.41) is 16.8. The van der Waals surface area contributed by atoms with Crippen molar-refractivity contribution in [3.05, 3.63) is 41.0 Å². The lowest BCUT2D eigenvalue weighted by molar-refractivity contribution is 0.1000. The van der Waals surface area contributed by atoms with Crippen molar-refractivity contribution in [3.8, 4) is 0 Å². The van der Waals surface area contributed by atoms with Gasteiger partial charge in [-0.2, -0.15) is 5.10 Å². The Balaban J connectivity index is 1.53. The normalized spacial score (nSPS) is 23.1. The van der Waals surface area contributed by atoms with Gasteiger partial charge in [-0.15, -0.1) is 0 Å². The topological polar surface area (TPSA) is 100 Å². The van der Waals surface area contributed by atoms with Crippen LogP contribution in [0.3, 0.4) is 0 Å². The molecule has 0 unspecified atom stereocenters. The zero-order chi connectivity index (χ0) is 19.0. The van der Waals surface area contributed by atoms with E-state index in [0.29, 0.717) is 28.2 Å². The minimum Gasteiger partial charge on any atom is -0.365 e. The Labute approximate surface area is 163 Å². The van der Waals surface area contributed by atoms with E-state index in [1.54, 1.807) is 23.0 Å². The molecule has 1 saturated heterocycles. The van der Waals surface area contributed by atoms with E-state index in [-0.39, 0.29) is 6.04 Å². The number of rotatable bonds is 5. The highest BCUT2D eigenvalue weighted by atomic mass is 35.5. The number of amides is 1. The third kappa shape index (κ3) is 3.70. The Morgan fingerprint density at radius 1 is 1.26 bits per heavy atom. The first kappa shape index (κ1) is 18.0. The Hall–Kier alpha value is -2.38. The van der Waals surface area contributed by atoms with Crippen molar-refractivity contribution in [1.29, 1.82) is 5.41 Å². The molecule has 27 heavy (non-hydrogen) atoms. The first-order valence-corrected chi connectivity index (χ1v) is 9.62. The molecule has 7 nitrogen and oxygen atoms in total. The summed E-state index contributed by atoms with van der Waals surface area (Å²) in [5.74, 6) is -0.138. The van der Waals surface area contributed by atoms with Crippen LogP contribution in [-0.2, 0) is 0 Å². The third-order valence-corrected chi connectivity index (χ3v) is 5.71. The summed E-state index contributed by atoms with van der Waals surface area (Å²) < 4.78 is 1.72. The summed E-state index contributed by atoms with van der Waals surface area (Å²) in [4.78, 5) is 14.3. The second kappa shape index (κ2) is 7.32. The van der Waals surface area contributed by atoms with Gasteiger partial charge in [0.2, 0.25) is 0 Å². The van der Waals surface area contributed by atoms with Crippen LogP contribution in [0.2, 0.25) is 5.02 Å². The highest BCUT2D eigenvalue weighted by molar-refractivity contribution is 6.30. The number of carbonyl (C=O) groups excluding carboxylic acids is 1. The van der Waals surface area contributed by atoms with E-state index in [4.69, 9.17) is 22.7 Å². The van der Waals surface area contributed by atoms with E-state index in [1.807, 2.05) is 12.1 Å². The number of anilines is 2. The molecular weight excluding hydrogens is 364 g/mol. The number of benzene rings is 1. The fourth-order valence-electron chi connectivity index (χ4n) is 3.82.